The molecule has 0 saturated carbocycles. The zero-order valence-corrected chi connectivity index (χ0v) is 22.0. The standard InChI is InChI=1S/C30H26BFN4O3/c1-16-13-17(2)26-22(14-16)21-11-8-12-23(32)27(21)33-31(26)25-18(3)15-24(37)28(19(25)4)36-30(39)35(29(38)34-36)20-9-6-5-7-10-20/h5-15,33,37H,1-4H3,(H,34,38). The highest BCUT2D eigenvalue weighted by atomic mass is 19.1. The molecule has 1 aliphatic heterocycles. The lowest BCUT2D eigenvalue weighted by Gasteiger charge is -2.32. The number of para-hydroxylation sites is 2. The van der Waals surface area contributed by atoms with E-state index in [1.54, 1.807) is 49.4 Å². The Hall–Kier alpha value is -4.79. The Morgan fingerprint density at radius 1 is 0.846 bits per heavy atom. The quantitative estimate of drug-likeness (QED) is 0.317. The lowest BCUT2D eigenvalue weighted by atomic mass is 9.45. The average molecular weight is 520 g/mol. The van der Waals surface area contributed by atoms with Crippen molar-refractivity contribution in [2.75, 3.05) is 5.23 Å². The van der Waals surface area contributed by atoms with Gasteiger partial charge in [0.15, 0.2) is 0 Å². The molecule has 0 amide bonds. The highest BCUT2D eigenvalue weighted by Crippen LogP contribution is 2.35. The number of halogens is 1. The second-order valence-corrected chi connectivity index (χ2v) is 10.1. The fourth-order valence-electron chi connectivity index (χ4n) is 5.94. The summed E-state index contributed by atoms with van der Waals surface area (Å²) in [6.07, 6.45) is 0. The zero-order valence-electron chi connectivity index (χ0n) is 22.0. The summed E-state index contributed by atoms with van der Waals surface area (Å²) < 4.78 is 17.2. The van der Waals surface area contributed by atoms with Crippen LogP contribution in [0.5, 0.6) is 5.75 Å². The van der Waals surface area contributed by atoms with E-state index >= 15 is 4.39 Å². The summed E-state index contributed by atoms with van der Waals surface area (Å²) in [5.41, 5.74) is 6.63. The number of hydrogen-bond donors (Lipinski definition) is 3. The van der Waals surface area contributed by atoms with E-state index in [2.05, 4.69) is 22.5 Å². The minimum atomic E-state index is -0.639. The van der Waals surface area contributed by atoms with Crippen molar-refractivity contribution in [1.82, 2.24) is 14.3 Å². The smallest absolute Gasteiger partial charge is 0.356 e. The third kappa shape index (κ3) is 3.72. The van der Waals surface area contributed by atoms with Gasteiger partial charge in [-0.1, -0.05) is 59.2 Å². The Morgan fingerprint density at radius 2 is 1.56 bits per heavy atom. The second-order valence-electron chi connectivity index (χ2n) is 10.1. The minimum absolute atomic E-state index is 0.152. The number of fused-ring (bicyclic) bond motifs is 3. The van der Waals surface area contributed by atoms with E-state index in [1.165, 1.54) is 6.07 Å². The molecule has 0 fully saturated rings. The van der Waals surface area contributed by atoms with Crippen LogP contribution < -0.4 is 27.5 Å². The molecule has 6 rings (SSSR count). The number of hydrogen-bond acceptors (Lipinski definition) is 4. The number of anilines is 1. The van der Waals surface area contributed by atoms with E-state index in [1.807, 2.05) is 26.8 Å². The van der Waals surface area contributed by atoms with Crippen LogP contribution in [0.3, 0.4) is 0 Å². The molecule has 0 spiro atoms. The van der Waals surface area contributed by atoms with Crippen LogP contribution >= 0.6 is 0 Å². The number of aryl methyl sites for hydroxylation is 3. The predicted octanol–water partition coefficient (Wildman–Crippen LogP) is 3.59. The average Bonchev–Trinajstić information content (AvgIpc) is 3.17. The van der Waals surface area contributed by atoms with Crippen molar-refractivity contribution in [2.45, 2.75) is 27.7 Å². The van der Waals surface area contributed by atoms with E-state index in [0.717, 1.165) is 48.0 Å². The molecule has 0 radical (unpaired) electrons. The Bertz CT molecular complexity index is 1910. The maximum absolute atomic E-state index is 15.1. The van der Waals surface area contributed by atoms with Crippen LogP contribution in [0.2, 0.25) is 0 Å². The van der Waals surface area contributed by atoms with Gasteiger partial charge in [0.05, 0.1) is 11.4 Å². The van der Waals surface area contributed by atoms with Gasteiger partial charge in [-0.25, -0.2) is 23.6 Å². The van der Waals surface area contributed by atoms with E-state index in [9.17, 15) is 14.7 Å². The fraction of sp³-hybridized carbons (Fsp3) is 0.133. The molecule has 194 valence electrons. The van der Waals surface area contributed by atoms with Gasteiger partial charge < -0.3 is 10.3 Å². The van der Waals surface area contributed by atoms with Crippen molar-refractivity contribution in [3.63, 3.8) is 0 Å². The number of aromatic nitrogens is 3. The first kappa shape index (κ1) is 24.5. The summed E-state index contributed by atoms with van der Waals surface area (Å²) in [6, 6.07) is 19.3. The molecule has 0 unspecified atom stereocenters. The van der Waals surface area contributed by atoms with Crippen molar-refractivity contribution < 1.29 is 9.50 Å². The number of nitrogens with one attached hydrogen (secondary N) is 2. The van der Waals surface area contributed by atoms with Crippen LogP contribution in [0.4, 0.5) is 10.1 Å². The van der Waals surface area contributed by atoms with Crippen molar-refractivity contribution in [3.05, 3.63) is 116 Å². The first-order valence-electron chi connectivity index (χ1n) is 12.7. The van der Waals surface area contributed by atoms with Crippen molar-refractivity contribution >= 4 is 23.5 Å². The number of rotatable bonds is 3. The van der Waals surface area contributed by atoms with Crippen LogP contribution in [0.15, 0.2) is 76.3 Å². The topological polar surface area (TPSA) is 92.0 Å². The number of aromatic hydroxyl groups is 1. The maximum atomic E-state index is 15.1. The van der Waals surface area contributed by atoms with Crippen molar-refractivity contribution in [3.8, 4) is 28.3 Å². The molecule has 1 aliphatic rings. The number of nitrogens with zero attached hydrogens (tertiary/aromatic N) is 2. The molecule has 4 aromatic carbocycles. The number of aromatic amines is 1. The van der Waals surface area contributed by atoms with Gasteiger partial charge in [-0.2, -0.15) is 4.68 Å². The molecule has 0 bridgehead atoms. The summed E-state index contributed by atoms with van der Waals surface area (Å²) in [6.45, 7) is 7.23. The summed E-state index contributed by atoms with van der Waals surface area (Å²) >= 11 is 0. The van der Waals surface area contributed by atoms with Gasteiger partial charge in [0.1, 0.15) is 17.3 Å². The molecule has 1 aromatic heterocycles. The highest BCUT2D eigenvalue weighted by molar-refractivity contribution is 6.90. The lowest BCUT2D eigenvalue weighted by molar-refractivity contribution is 0.468. The minimum Gasteiger partial charge on any atom is -0.506 e. The molecule has 2 heterocycles. The van der Waals surface area contributed by atoms with Gasteiger partial charge in [-0.3, -0.25) is 0 Å². The lowest BCUT2D eigenvalue weighted by Crippen LogP contribution is -2.55. The number of H-pyrrole nitrogens is 1. The van der Waals surface area contributed by atoms with Crippen molar-refractivity contribution in [1.29, 1.82) is 0 Å². The monoisotopic (exact) mass is 520 g/mol. The Labute approximate surface area is 224 Å². The molecule has 0 saturated heterocycles. The van der Waals surface area contributed by atoms with Gasteiger partial charge in [0.25, 0.3) is 0 Å². The largest absolute Gasteiger partial charge is 0.506 e. The fourth-order valence-corrected chi connectivity index (χ4v) is 5.94. The SMILES string of the molecule is Cc1cc(C)c2c(c1)-c1cccc(F)c1NB2c1c(C)cc(O)c(-n2[nH]c(=O)n(-c3ccccc3)c2=O)c1C. The maximum Gasteiger partial charge on any atom is 0.356 e. The molecule has 39 heavy (non-hydrogen) atoms. The Kier molecular flexibility index (Phi) is 5.60. The number of benzene rings is 4. The predicted molar refractivity (Wildman–Crippen MR) is 153 cm³/mol. The third-order valence-corrected chi connectivity index (χ3v) is 7.51. The van der Waals surface area contributed by atoms with Gasteiger partial charge in [0.2, 0.25) is 0 Å². The Balaban J connectivity index is 1.61. The van der Waals surface area contributed by atoms with Crippen LogP contribution in [0.1, 0.15) is 22.3 Å². The molecule has 5 aromatic rings. The number of phenols is 1. The van der Waals surface area contributed by atoms with E-state index in [4.69, 9.17) is 0 Å². The molecule has 7 nitrogen and oxygen atoms in total. The summed E-state index contributed by atoms with van der Waals surface area (Å²) in [5.74, 6) is -0.516. The molecular formula is C30H26BFN4O3. The molecule has 0 aliphatic carbocycles. The summed E-state index contributed by atoms with van der Waals surface area (Å²) in [4.78, 5) is 26.4. The number of phenolic OH excluding ortho intramolecular Hbond substituents is 1. The van der Waals surface area contributed by atoms with Crippen LogP contribution in [0.25, 0.3) is 22.5 Å². The normalized spacial score (nSPS) is 12.2. The van der Waals surface area contributed by atoms with Crippen LogP contribution in [-0.2, 0) is 0 Å². The van der Waals surface area contributed by atoms with Crippen molar-refractivity contribution in [2.24, 2.45) is 0 Å². The molecular weight excluding hydrogens is 494 g/mol. The first-order chi connectivity index (χ1) is 18.7. The summed E-state index contributed by atoms with van der Waals surface area (Å²) in [7, 11) is 0. The molecule has 9 heteroatoms. The first-order valence-corrected chi connectivity index (χ1v) is 12.7. The van der Waals surface area contributed by atoms with Gasteiger partial charge in [0, 0.05) is 5.56 Å². The summed E-state index contributed by atoms with van der Waals surface area (Å²) in [5, 5.41) is 17.1. The second kappa shape index (κ2) is 8.91. The van der Waals surface area contributed by atoms with E-state index < -0.39 is 18.2 Å². The van der Waals surface area contributed by atoms with Gasteiger partial charge in [-0.15, -0.1) is 0 Å². The van der Waals surface area contributed by atoms with E-state index in [-0.39, 0.29) is 17.3 Å². The molecule has 3 N–H and O–H groups in total. The van der Waals surface area contributed by atoms with Crippen LogP contribution in [0, 0.1) is 33.5 Å². The Morgan fingerprint density at radius 3 is 2.31 bits per heavy atom. The highest BCUT2D eigenvalue weighted by Gasteiger charge is 2.36. The van der Waals surface area contributed by atoms with Gasteiger partial charge >= 0.3 is 18.2 Å². The third-order valence-electron chi connectivity index (χ3n) is 7.51. The van der Waals surface area contributed by atoms with E-state index in [0.29, 0.717) is 16.9 Å². The van der Waals surface area contributed by atoms with Crippen LogP contribution in [-0.4, -0.2) is 26.3 Å². The van der Waals surface area contributed by atoms with Gasteiger partial charge in [-0.05, 0) is 74.0 Å². The molecule has 0 atom stereocenters. The zero-order chi connectivity index (χ0) is 27.6.